The Balaban J connectivity index is 2.08. The Bertz CT molecular complexity index is 525. The van der Waals surface area contributed by atoms with Crippen LogP contribution >= 0.6 is 0 Å². The van der Waals surface area contributed by atoms with Crippen molar-refractivity contribution >= 4 is 11.8 Å². The second kappa shape index (κ2) is 5.39. The molecule has 0 saturated heterocycles. The van der Waals surface area contributed by atoms with E-state index in [0.717, 1.165) is 6.20 Å². The van der Waals surface area contributed by atoms with Crippen LogP contribution in [0.1, 0.15) is 12.7 Å². The third-order valence-corrected chi connectivity index (χ3v) is 2.30. The molecule has 0 bridgehead atoms. The zero-order valence-electron chi connectivity index (χ0n) is 10.2. The highest BCUT2D eigenvalue weighted by Gasteiger charge is 2.07. The monoisotopic (exact) mass is 251 g/mol. The fraction of sp³-hybridized carbons (Fsp3) is 0.400. The summed E-state index contributed by atoms with van der Waals surface area (Å²) in [5.41, 5.74) is 0. The Morgan fingerprint density at radius 2 is 2.22 bits per heavy atom. The number of nitrogens with zero attached hydrogens (tertiary/aromatic N) is 5. The van der Waals surface area contributed by atoms with Gasteiger partial charge in [-0.05, 0) is 6.92 Å². The van der Waals surface area contributed by atoms with Crippen molar-refractivity contribution in [2.75, 3.05) is 17.2 Å². The van der Waals surface area contributed by atoms with Crippen molar-refractivity contribution in [3.05, 3.63) is 24.2 Å². The molecule has 0 saturated carbocycles. The van der Waals surface area contributed by atoms with E-state index in [2.05, 4.69) is 30.8 Å². The largest absolute Gasteiger partial charge is 0.360 e. The van der Waals surface area contributed by atoms with E-state index < -0.39 is 5.82 Å². The van der Waals surface area contributed by atoms with Gasteiger partial charge in [-0.15, -0.1) is 10.2 Å². The van der Waals surface area contributed by atoms with Gasteiger partial charge in [0.05, 0.1) is 12.7 Å². The number of hydrogen-bond acceptors (Lipinski definition) is 6. The number of hydrogen-bond donors (Lipinski definition) is 2. The molecule has 18 heavy (non-hydrogen) atoms. The number of halogens is 1. The summed E-state index contributed by atoms with van der Waals surface area (Å²) in [6, 6.07) is 0. The molecule has 0 fully saturated rings. The summed E-state index contributed by atoms with van der Waals surface area (Å²) in [5, 5.41) is 13.4. The Morgan fingerprint density at radius 1 is 1.39 bits per heavy atom. The van der Waals surface area contributed by atoms with Crippen molar-refractivity contribution in [1.29, 1.82) is 0 Å². The van der Waals surface area contributed by atoms with Crippen LogP contribution in [0, 0.1) is 5.82 Å². The molecule has 8 heteroatoms. The molecule has 0 aliphatic rings. The smallest absolute Gasteiger partial charge is 0.224 e. The molecule has 0 amide bonds. The Labute approximate surface area is 103 Å². The predicted octanol–water partition coefficient (Wildman–Crippen LogP) is 0.788. The average Bonchev–Trinajstić information content (AvgIpc) is 2.76. The minimum atomic E-state index is -0.501. The van der Waals surface area contributed by atoms with Gasteiger partial charge in [0.15, 0.2) is 17.5 Å². The summed E-state index contributed by atoms with van der Waals surface area (Å²) in [4.78, 5) is 7.85. The average molecular weight is 251 g/mol. The molecule has 0 unspecified atom stereocenters. The molecule has 96 valence electrons. The third kappa shape index (κ3) is 2.70. The lowest BCUT2D eigenvalue weighted by Gasteiger charge is -2.08. The summed E-state index contributed by atoms with van der Waals surface area (Å²) in [6.07, 6.45) is 2.71. The van der Waals surface area contributed by atoms with Gasteiger partial charge < -0.3 is 15.2 Å². The van der Waals surface area contributed by atoms with E-state index in [-0.39, 0.29) is 5.82 Å². The van der Waals surface area contributed by atoms with Crippen molar-refractivity contribution < 1.29 is 4.39 Å². The predicted molar refractivity (Wildman–Crippen MR) is 64.5 cm³/mol. The molecule has 0 spiro atoms. The molecule has 0 atom stereocenters. The summed E-state index contributed by atoms with van der Waals surface area (Å²) < 4.78 is 15.2. The van der Waals surface area contributed by atoms with Crippen LogP contribution < -0.4 is 10.6 Å². The number of aryl methyl sites for hydroxylation is 1. The minimum absolute atomic E-state index is 0.143. The van der Waals surface area contributed by atoms with Gasteiger partial charge in [-0.1, -0.05) is 0 Å². The molecular weight excluding hydrogens is 237 g/mol. The van der Waals surface area contributed by atoms with Crippen molar-refractivity contribution in [3.63, 3.8) is 0 Å². The van der Waals surface area contributed by atoms with E-state index in [1.54, 1.807) is 10.9 Å². The molecule has 2 rings (SSSR count). The molecule has 0 aliphatic carbocycles. The maximum absolute atomic E-state index is 13.5. The topological polar surface area (TPSA) is 80.5 Å². The molecule has 2 heterocycles. The first-order chi connectivity index (χ1) is 8.70. The van der Waals surface area contributed by atoms with E-state index in [4.69, 9.17) is 0 Å². The normalized spacial score (nSPS) is 10.4. The van der Waals surface area contributed by atoms with Gasteiger partial charge in [0.2, 0.25) is 5.95 Å². The fourth-order valence-electron chi connectivity index (χ4n) is 1.36. The second-order valence-corrected chi connectivity index (χ2v) is 3.63. The molecule has 7 nitrogen and oxygen atoms in total. The maximum atomic E-state index is 13.5. The molecule has 0 radical (unpaired) electrons. The Morgan fingerprint density at radius 3 is 2.89 bits per heavy atom. The van der Waals surface area contributed by atoms with Crippen LogP contribution in [-0.4, -0.2) is 31.3 Å². The van der Waals surface area contributed by atoms with Crippen LogP contribution in [0.15, 0.2) is 12.5 Å². The van der Waals surface area contributed by atoms with E-state index in [9.17, 15) is 4.39 Å². The highest BCUT2D eigenvalue weighted by molar-refractivity contribution is 5.40. The lowest BCUT2D eigenvalue weighted by Crippen LogP contribution is -2.10. The van der Waals surface area contributed by atoms with Gasteiger partial charge in [0, 0.05) is 13.6 Å². The molecule has 2 aromatic rings. The highest BCUT2D eigenvalue weighted by atomic mass is 19.1. The Kier molecular flexibility index (Phi) is 3.66. The van der Waals surface area contributed by atoms with Crippen LogP contribution in [0.5, 0.6) is 0 Å². The van der Waals surface area contributed by atoms with Crippen molar-refractivity contribution in [2.24, 2.45) is 7.05 Å². The fourth-order valence-corrected chi connectivity index (χ4v) is 1.36. The van der Waals surface area contributed by atoms with Crippen LogP contribution in [-0.2, 0) is 13.6 Å². The summed E-state index contributed by atoms with van der Waals surface area (Å²) in [7, 11) is 1.82. The van der Waals surface area contributed by atoms with E-state index >= 15 is 0 Å². The number of anilines is 2. The number of aromatic nitrogens is 5. The second-order valence-electron chi connectivity index (χ2n) is 3.63. The molecular formula is C10H14FN7. The van der Waals surface area contributed by atoms with E-state index in [1.165, 1.54) is 0 Å². The minimum Gasteiger partial charge on any atom is -0.360 e. The third-order valence-electron chi connectivity index (χ3n) is 2.30. The lowest BCUT2D eigenvalue weighted by atomic mass is 10.5. The number of rotatable bonds is 5. The SMILES string of the molecule is CCNc1ncc(F)c(NCc2nncn2C)n1. The zero-order valence-corrected chi connectivity index (χ0v) is 10.2. The molecule has 0 aliphatic heterocycles. The van der Waals surface area contributed by atoms with Gasteiger partial charge in [0.25, 0.3) is 0 Å². The molecule has 2 N–H and O–H groups in total. The molecule has 2 aromatic heterocycles. The van der Waals surface area contributed by atoms with Gasteiger partial charge in [-0.3, -0.25) is 0 Å². The first kappa shape index (κ1) is 12.2. The van der Waals surface area contributed by atoms with Gasteiger partial charge in [-0.25, -0.2) is 9.37 Å². The first-order valence-corrected chi connectivity index (χ1v) is 5.54. The van der Waals surface area contributed by atoms with E-state index in [1.807, 2.05) is 14.0 Å². The van der Waals surface area contributed by atoms with Crippen LogP contribution in [0.2, 0.25) is 0 Å². The van der Waals surface area contributed by atoms with Crippen molar-refractivity contribution in [3.8, 4) is 0 Å². The van der Waals surface area contributed by atoms with Crippen molar-refractivity contribution in [1.82, 2.24) is 24.7 Å². The van der Waals surface area contributed by atoms with Crippen LogP contribution in [0.3, 0.4) is 0 Å². The Hall–Kier alpha value is -2.25. The van der Waals surface area contributed by atoms with Gasteiger partial charge >= 0.3 is 0 Å². The lowest BCUT2D eigenvalue weighted by molar-refractivity contribution is 0.616. The molecule has 0 aromatic carbocycles. The summed E-state index contributed by atoms with van der Waals surface area (Å²) in [6.45, 7) is 2.93. The zero-order chi connectivity index (χ0) is 13.0. The van der Waals surface area contributed by atoms with Crippen molar-refractivity contribution in [2.45, 2.75) is 13.5 Å². The number of nitrogens with one attached hydrogen (secondary N) is 2. The summed E-state index contributed by atoms with van der Waals surface area (Å²) >= 11 is 0. The van der Waals surface area contributed by atoms with E-state index in [0.29, 0.717) is 24.9 Å². The quantitative estimate of drug-likeness (QED) is 0.817. The highest BCUT2D eigenvalue weighted by Crippen LogP contribution is 2.12. The standard InChI is InChI=1S/C10H14FN7/c1-3-12-10-14-4-7(11)9(16-10)13-5-8-17-15-6-18(8)2/h4,6H,3,5H2,1-2H3,(H2,12,13,14,16). The van der Waals surface area contributed by atoms with Gasteiger partial charge in [-0.2, -0.15) is 4.98 Å². The van der Waals surface area contributed by atoms with Gasteiger partial charge in [0.1, 0.15) is 6.33 Å². The van der Waals surface area contributed by atoms with Crippen LogP contribution in [0.4, 0.5) is 16.2 Å². The summed E-state index contributed by atoms with van der Waals surface area (Å²) in [5.74, 6) is 0.722. The van der Waals surface area contributed by atoms with Crippen LogP contribution in [0.25, 0.3) is 0 Å². The first-order valence-electron chi connectivity index (χ1n) is 5.54. The maximum Gasteiger partial charge on any atom is 0.224 e.